The normalized spacial score (nSPS) is 11.9. The van der Waals surface area contributed by atoms with Gasteiger partial charge in [-0.3, -0.25) is 4.79 Å². The van der Waals surface area contributed by atoms with E-state index in [9.17, 15) is 9.90 Å². The third-order valence-electron chi connectivity index (χ3n) is 3.80. The summed E-state index contributed by atoms with van der Waals surface area (Å²) in [5.74, 6) is -0.118. The summed E-state index contributed by atoms with van der Waals surface area (Å²) in [6.07, 6.45) is 3.72. The van der Waals surface area contributed by atoms with E-state index < -0.39 is 6.04 Å². The smallest absolute Gasteiger partial charge is 0.262 e. The van der Waals surface area contributed by atoms with E-state index >= 15 is 0 Å². The SMILES string of the molecule is C=CCc1cccc(C=NNC(=O)C(C)Nc2ccccc2C)c1O. The molecule has 130 valence electrons. The molecule has 0 bridgehead atoms. The number of allylic oxidation sites excluding steroid dienone is 1. The first kappa shape index (κ1) is 18.3. The van der Waals surface area contributed by atoms with Crippen LogP contribution in [0.1, 0.15) is 23.6 Å². The fourth-order valence-electron chi connectivity index (χ4n) is 2.33. The number of anilines is 1. The predicted molar refractivity (Wildman–Crippen MR) is 102 cm³/mol. The molecule has 1 unspecified atom stereocenters. The number of hydrogen-bond acceptors (Lipinski definition) is 4. The van der Waals surface area contributed by atoms with Gasteiger partial charge in [-0.15, -0.1) is 6.58 Å². The van der Waals surface area contributed by atoms with Gasteiger partial charge in [-0.2, -0.15) is 5.10 Å². The Labute approximate surface area is 148 Å². The van der Waals surface area contributed by atoms with Crippen molar-refractivity contribution in [3.8, 4) is 5.75 Å². The minimum absolute atomic E-state index is 0.145. The van der Waals surface area contributed by atoms with E-state index in [1.807, 2.05) is 43.3 Å². The van der Waals surface area contributed by atoms with Crippen LogP contribution >= 0.6 is 0 Å². The lowest BCUT2D eigenvalue weighted by Crippen LogP contribution is -2.35. The van der Waals surface area contributed by atoms with Gasteiger partial charge in [0.1, 0.15) is 11.8 Å². The first-order chi connectivity index (χ1) is 12.0. The molecule has 0 fully saturated rings. The predicted octanol–water partition coefficient (Wildman–Crippen LogP) is 3.38. The highest BCUT2D eigenvalue weighted by atomic mass is 16.3. The topological polar surface area (TPSA) is 73.7 Å². The van der Waals surface area contributed by atoms with Crippen LogP contribution in [0.15, 0.2) is 60.2 Å². The molecule has 0 aliphatic heterocycles. The maximum Gasteiger partial charge on any atom is 0.262 e. The van der Waals surface area contributed by atoms with Gasteiger partial charge in [0, 0.05) is 11.3 Å². The quantitative estimate of drug-likeness (QED) is 0.412. The number of carbonyl (C=O) groups excluding carboxylic acids is 1. The summed E-state index contributed by atoms with van der Waals surface area (Å²) in [5, 5.41) is 17.2. The molecule has 0 spiro atoms. The fraction of sp³-hybridized carbons (Fsp3) is 0.200. The second-order valence-electron chi connectivity index (χ2n) is 5.76. The molecule has 0 saturated carbocycles. The lowest BCUT2D eigenvalue weighted by atomic mass is 10.1. The van der Waals surface area contributed by atoms with E-state index in [0.29, 0.717) is 12.0 Å². The number of aryl methyl sites for hydroxylation is 1. The van der Waals surface area contributed by atoms with Crippen LogP contribution in [-0.2, 0) is 11.2 Å². The van der Waals surface area contributed by atoms with Crippen molar-refractivity contribution < 1.29 is 9.90 Å². The first-order valence-corrected chi connectivity index (χ1v) is 8.09. The summed E-state index contributed by atoms with van der Waals surface area (Å²) in [6, 6.07) is 12.7. The third-order valence-corrected chi connectivity index (χ3v) is 3.80. The van der Waals surface area contributed by atoms with Gasteiger partial charge in [0.2, 0.25) is 0 Å². The number of para-hydroxylation sites is 2. The Balaban J connectivity index is 1.97. The monoisotopic (exact) mass is 337 g/mol. The van der Waals surface area contributed by atoms with E-state index in [2.05, 4.69) is 22.4 Å². The number of hydrogen-bond donors (Lipinski definition) is 3. The van der Waals surface area contributed by atoms with Gasteiger partial charge >= 0.3 is 0 Å². The summed E-state index contributed by atoms with van der Waals surface area (Å²) >= 11 is 0. The Kier molecular flexibility index (Phi) is 6.34. The highest BCUT2D eigenvalue weighted by molar-refractivity contribution is 5.88. The zero-order valence-corrected chi connectivity index (χ0v) is 14.5. The zero-order valence-electron chi connectivity index (χ0n) is 14.5. The molecule has 2 aromatic rings. The van der Waals surface area contributed by atoms with Crippen molar-refractivity contribution in [1.29, 1.82) is 0 Å². The number of hydrazone groups is 1. The molecule has 0 aromatic heterocycles. The molecule has 3 N–H and O–H groups in total. The van der Waals surface area contributed by atoms with Gasteiger partial charge in [-0.1, -0.05) is 36.4 Å². The Hall–Kier alpha value is -3.08. The molecule has 5 heteroatoms. The molecular formula is C20H23N3O2. The number of nitrogens with one attached hydrogen (secondary N) is 2. The average molecular weight is 337 g/mol. The van der Waals surface area contributed by atoms with Crippen molar-refractivity contribution in [2.24, 2.45) is 5.10 Å². The van der Waals surface area contributed by atoms with Crippen LogP contribution in [0.5, 0.6) is 5.75 Å². The Bertz CT molecular complexity index is 784. The van der Waals surface area contributed by atoms with Crippen LogP contribution < -0.4 is 10.7 Å². The number of phenolic OH excluding ortho intramolecular Hbond substituents is 1. The molecule has 0 aliphatic rings. The van der Waals surface area contributed by atoms with Gasteiger partial charge in [0.15, 0.2) is 0 Å². The van der Waals surface area contributed by atoms with Crippen molar-refractivity contribution in [3.05, 3.63) is 71.8 Å². The molecule has 0 radical (unpaired) electrons. The summed E-state index contributed by atoms with van der Waals surface area (Å²) in [6.45, 7) is 7.40. The molecule has 1 amide bonds. The largest absolute Gasteiger partial charge is 0.507 e. The van der Waals surface area contributed by atoms with Crippen molar-refractivity contribution >= 4 is 17.8 Å². The van der Waals surface area contributed by atoms with Crippen molar-refractivity contribution in [3.63, 3.8) is 0 Å². The average Bonchev–Trinajstić information content (AvgIpc) is 2.60. The highest BCUT2D eigenvalue weighted by Gasteiger charge is 2.12. The number of rotatable bonds is 7. The van der Waals surface area contributed by atoms with Crippen molar-refractivity contribution in [2.45, 2.75) is 26.3 Å². The molecule has 0 saturated heterocycles. The molecule has 0 heterocycles. The van der Waals surface area contributed by atoms with Gasteiger partial charge in [-0.25, -0.2) is 5.43 Å². The van der Waals surface area contributed by atoms with Crippen molar-refractivity contribution in [2.75, 3.05) is 5.32 Å². The van der Waals surface area contributed by atoms with E-state index in [0.717, 1.165) is 16.8 Å². The lowest BCUT2D eigenvalue weighted by molar-refractivity contribution is -0.121. The van der Waals surface area contributed by atoms with E-state index in [1.54, 1.807) is 19.1 Å². The maximum absolute atomic E-state index is 12.1. The Morgan fingerprint density at radius 2 is 2.04 bits per heavy atom. The number of phenols is 1. The van der Waals surface area contributed by atoms with Crippen LogP contribution in [0.3, 0.4) is 0 Å². The van der Waals surface area contributed by atoms with E-state index in [4.69, 9.17) is 0 Å². The highest BCUT2D eigenvalue weighted by Crippen LogP contribution is 2.21. The molecule has 2 rings (SSSR count). The molecule has 0 aliphatic carbocycles. The zero-order chi connectivity index (χ0) is 18.2. The minimum atomic E-state index is -0.445. The number of nitrogens with zero attached hydrogens (tertiary/aromatic N) is 1. The van der Waals surface area contributed by atoms with Crippen molar-refractivity contribution in [1.82, 2.24) is 5.43 Å². The van der Waals surface area contributed by atoms with Crippen LogP contribution in [0.25, 0.3) is 0 Å². The van der Waals surface area contributed by atoms with Gasteiger partial charge in [0.05, 0.1) is 6.21 Å². The summed E-state index contributed by atoms with van der Waals surface area (Å²) in [4.78, 5) is 12.1. The van der Waals surface area contributed by atoms with Crippen LogP contribution in [0, 0.1) is 6.92 Å². The minimum Gasteiger partial charge on any atom is -0.507 e. The van der Waals surface area contributed by atoms with E-state index in [1.165, 1.54) is 6.21 Å². The number of aromatic hydroxyl groups is 1. The van der Waals surface area contributed by atoms with Crippen LogP contribution in [0.2, 0.25) is 0 Å². The maximum atomic E-state index is 12.1. The lowest BCUT2D eigenvalue weighted by Gasteiger charge is -2.15. The summed E-state index contributed by atoms with van der Waals surface area (Å²) < 4.78 is 0. The van der Waals surface area contributed by atoms with Crippen LogP contribution in [-0.4, -0.2) is 23.3 Å². The standard InChI is InChI=1S/C20H23N3O2/c1-4-8-16-10-7-11-17(19(16)24)13-21-23-20(25)15(3)22-18-12-6-5-9-14(18)2/h4-7,9-13,15,22,24H,1,8H2,2-3H3,(H,23,25). The third kappa shape index (κ3) is 4.94. The molecule has 25 heavy (non-hydrogen) atoms. The summed E-state index contributed by atoms with van der Waals surface area (Å²) in [5.41, 5.74) is 5.76. The van der Waals surface area contributed by atoms with Gasteiger partial charge < -0.3 is 10.4 Å². The second kappa shape index (κ2) is 8.68. The summed E-state index contributed by atoms with van der Waals surface area (Å²) in [7, 11) is 0. The molecular weight excluding hydrogens is 314 g/mol. The van der Waals surface area contributed by atoms with E-state index in [-0.39, 0.29) is 11.7 Å². The Morgan fingerprint density at radius 3 is 2.76 bits per heavy atom. The van der Waals surface area contributed by atoms with Gasteiger partial charge in [0.25, 0.3) is 5.91 Å². The second-order valence-corrected chi connectivity index (χ2v) is 5.76. The fourth-order valence-corrected chi connectivity index (χ4v) is 2.33. The number of carbonyl (C=O) groups is 1. The number of amides is 1. The molecule has 5 nitrogen and oxygen atoms in total. The first-order valence-electron chi connectivity index (χ1n) is 8.09. The Morgan fingerprint density at radius 1 is 1.28 bits per heavy atom. The number of benzene rings is 2. The van der Waals surface area contributed by atoms with Gasteiger partial charge in [-0.05, 0) is 43.5 Å². The molecule has 2 aromatic carbocycles. The molecule has 1 atom stereocenters. The van der Waals surface area contributed by atoms with Crippen LogP contribution in [0.4, 0.5) is 5.69 Å².